The van der Waals surface area contributed by atoms with E-state index in [0.29, 0.717) is 6.61 Å². The highest BCUT2D eigenvalue weighted by Gasteiger charge is 2.12. The van der Waals surface area contributed by atoms with E-state index in [0.717, 1.165) is 34.2 Å². The molecule has 1 aromatic heterocycles. The minimum atomic E-state index is 0.0829. The van der Waals surface area contributed by atoms with Gasteiger partial charge in [0, 0.05) is 0 Å². The van der Waals surface area contributed by atoms with Crippen LogP contribution in [0.2, 0.25) is 0 Å². The molecule has 1 aromatic carbocycles. The first-order valence-electron chi connectivity index (χ1n) is 6.69. The Morgan fingerprint density at radius 3 is 2.65 bits per heavy atom. The van der Waals surface area contributed by atoms with E-state index in [-0.39, 0.29) is 5.84 Å². The zero-order chi connectivity index (χ0) is 14.5. The molecule has 0 spiro atoms. The molecule has 20 heavy (non-hydrogen) atoms. The first-order chi connectivity index (χ1) is 9.65. The van der Waals surface area contributed by atoms with Crippen molar-refractivity contribution in [3.8, 4) is 5.75 Å². The summed E-state index contributed by atoms with van der Waals surface area (Å²) in [7, 11) is 0. The van der Waals surface area contributed by atoms with E-state index in [1.54, 1.807) is 0 Å². The second-order valence-electron chi connectivity index (χ2n) is 4.40. The monoisotopic (exact) mass is 289 g/mol. The van der Waals surface area contributed by atoms with E-state index < -0.39 is 0 Å². The van der Waals surface area contributed by atoms with Crippen LogP contribution in [0.15, 0.2) is 24.3 Å². The van der Waals surface area contributed by atoms with Crippen molar-refractivity contribution in [2.75, 3.05) is 0 Å². The van der Waals surface area contributed by atoms with Gasteiger partial charge in [-0.15, -0.1) is 11.3 Å². The van der Waals surface area contributed by atoms with Gasteiger partial charge in [0.15, 0.2) is 0 Å². The molecule has 0 radical (unpaired) electrons. The molecule has 0 saturated carbocycles. The van der Waals surface area contributed by atoms with Gasteiger partial charge in [-0.25, -0.2) is 4.98 Å². The van der Waals surface area contributed by atoms with Gasteiger partial charge in [0.1, 0.15) is 23.2 Å². The smallest absolute Gasteiger partial charge is 0.140 e. The number of nitrogen functional groups attached to an aromatic ring is 1. The molecule has 0 amide bonds. The van der Waals surface area contributed by atoms with Gasteiger partial charge in [0.2, 0.25) is 0 Å². The quantitative estimate of drug-likeness (QED) is 0.634. The largest absolute Gasteiger partial charge is 0.486 e. The Morgan fingerprint density at radius 1 is 1.30 bits per heavy atom. The zero-order valence-corrected chi connectivity index (χ0v) is 12.6. The maximum absolute atomic E-state index is 7.56. The first-order valence-corrected chi connectivity index (χ1v) is 7.51. The molecule has 0 saturated heterocycles. The number of para-hydroxylation sites is 1. The number of aromatic nitrogens is 1. The number of nitrogens with zero attached hydrogens (tertiary/aromatic N) is 1. The van der Waals surface area contributed by atoms with Crippen LogP contribution in [0.1, 0.15) is 35.0 Å². The SMILES string of the molecule is CCc1ccccc1OCc1nc(CC)c(C(=N)N)s1. The molecule has 2 rings (SSSR count). The summed E-state index contributed by atoms with van der Waals surface area (Å²) in [5, 5.41) is 8.42. The predicted molar refractivity (Wildman–Crippen MR) is 82.7 cm³/mol. The fourth-order valence-corrected chi connectivity index (χ4v) is 2.92. The lowest BCUT2D eigenvalue weighted by molar-refractivity contribution is 0.302. The number of aryl methyl sites for hydroxylation is 2. The van der Waals surface area contributed by atoms with Crippen LogP contribution in [-0.2, 0) is 19.4 Å². The van der Waals surface area contributed by atoms with Crippen LogP contribution in [0.4, 0.5) is 0 Å². The minimum Gasteiger partial charge on any atom is -0.486 e. The molecule has 0 atom stereocenters. The maximum atomic E-state index is 7.56. The molecular weight excluding hydrogens is 270 g/mol. The van der Waals surface area contributed by atoms with E-state index in [2.05, 4.69) is 18.0 Å². The molecular formula is C15H19N3OS. The van der Waals surface area contributed by atoms with Crippen molar-refractivity contribution < 1.29 is 4.74 Å². The Balaban J connectivity index is 2.13. The van der Waals surface area contributed by atoms with Gasteiger partial charge in [0.25, 0.3) is 0 Å². The molecule has 0 aliphatic carbocycles. The fourth-order valence-electron chi connectivity index (χ4n) is 1.99. The van der Waals surface area contributed by atoms with Crippen molar-refractivity contribution in [2.45, 2.75) is 33.3 Å². The van der Waals surface area contributed by atoms with E-state index in [1.807, 2.05) is 25.1 Å². The van der Waals surface area contributed by atoms with Crippen molar-refractivity contribution in [1.29, 1.82) is 5.41 Å². The molecule has 0 aliphatic heterocycles. The van der Waals surface area contributed by atoms with Gasteiger partial charge in [-0.3, -0.25) is 5.41 Å². The number of amidine groups is 1. The summed E-state index contributed by atoms with van der Waals surface area (Å²) in [6.45, 7) is 4.54. The maximum Gasteiger partial charge on any atom is 0.140 e. The predicted octanol–water partition coefficient (Wildman–Crippen LogP) is 3.13. The molecule has 1 heterocycles. The lowest BCUT2D eigenvalue weighted by Gasteiger charge is -2.08. The number of thiazole rings is 1. The Bertz CT molecular complexity index is 607. The van der Waals surface area contributed by atoms with Gasteiger partial charge >= 0.3 is 0 Å². The van der Waals surface area contributed by atoms with Gasteiger partial charge < -0.3 is 10.5 Å². The summed E-state index contributed by atoms with van der Waals surface area (Å²) in [5.74, 6) is 0.979. The van der Waals surface area contributed by atoms with E-state index in [9.17, 15) is 0 Å². The van der Waals surface area contributed by atoms with Crippen LogP contribution in [-0.4, -0.2) is 10.8 Å². The summed E-state index contributed by atoms with van der Waals surface area (Å²) in [4.78, 5) is 5.25. The van der Waals surface area contributed by atoms with E-state index >= 15 is 0 Å². The minimum absolute atomic E-state index is 0.0829. The third-order valence-corrected chi connectivity index (χ3v) is 4.13. The lowest BCUT2D eigenvalue weighted by atomic mass is 10.1. The van der Waals surface area contributed by atoms with Crippen LogP contribution < -0.4 is 10.5 Å². The summed E-state index contributed by atoms with van der Waals surface area (Å²) in [5.41, 5.74) is 7.64. The summed E-state index contributed by atoms with van der Waals surface area (Å²) in [6, 6.07) is 8.02. The molecule has 0 fully saturated rings. The van der Waals surface area contributed by atoms with Crippen LogP contribution >= 0.6 is 11.3 Å². The molecule has 5 heteroatoms. The number of hydrogen-bond donors (Lipinski definition) is 2. The third-order valence-electron chi connectivity index (χ3n) is 3.03. The van der Waals surface area contributed by atoms with Crippen molar-refractivity contribution in [3.05, 3.63) is 45.4 Å². The normalized spacial score (nSPS) is 10.5. The number of benzene rings is 1. The van der Waals surface area contributed by atoms with Crippen LogP contribution in [0.3, 0.4) is 0 Å². The lowest BCUT2D eigenvalue weighted by Crippen LogP contribution is -2.11. The van der Waals surface area contributed by atoms with E-state index in [1.165, 1.54) is 16.9 Å². The van der Waals surface area contributed by atoms with Crippen molar-refractivity contribution >= 4 is 17.2 Å². The average molecular weight is 289 g/mol. The van der Waals surface area contributed by atoms with Gasteiger partial charge in [-0.1, -0.05) is 32.0 Å². The average Bonchev–Trinajstić information content (AvgIpc) is 2.89. The summed E-state index contributed by atoms with van der Waals surface area (Å²) >= 11 is 1.44. The standard InChI is InChI=1S/C15H19N3OS/c1-3-10-7-5-6-8-12(10)19-9-13-18-11(4-2)14(20-13)15(16)17/h5-8H,3-4,9H2,1-2H3,(H3,16,17). The molecule has 2 aromatic rings. The Labute approximate surface area is 123 Å². The number of rotatable bonds is 6. The number of nitrogens with one attached hydrogen (secondary N) is 1. The second kappa shape index (κ2) is 6.52. The Hall–Kier alpha value is -1.88. The molecule has 0 bridgehead atoms. The summed E-state index contributed by atoms with van der Waals surface area (Å²) < 4.78 is 5.84. The zero-order valence-electron chi connectivity index (χ0n) is 11.8. The Morgan fingerprint density at radius 2 is 2.05 bits per heavy atom. The number of ether oxygens (including phenoxy) is 1. The van der Waals surface area contributed by atoms with Crippen molar-refractivity contribution in [1.82, 2.24) is 4.98 Å². The fraction of sp³-hybridized carbons (Fsp3) is 0.333. The second-order valence-corrected chi connectivity index (χ2v) is 5.48. The van der Waals surface area contributed by atoms with Crippen LogP contribution in [0.5, 0.6) is 5.75 Å². The number of nitrogens with two attached hydrogens (primary N) is 1. The van der Waals surface area contributed by atoms with Gasteiger partial charge in [0.05, 0.1) is 10.6 Å². The van der Waals surface area contributed by atoms with Crippen molar-refractivity contribution in [3.63, 3.8) is 0 Å². The summed E-state index contributed by atoms with van der Waals surface area (Å²) in [6.07, 6.45) is 1.71. The highest BCUT2D eigenvalue weighted by molar-refractivity contribution is 7.13. The molecule has 0 aliphatic rings. The first kappa shape index (κ1) is 14.5. The van der Waals surface area contributed by atoms with Crippen LogP contribution in [0, 0.1) is 5.41 Å². The highest BCUT2D eigenvalue weighted by Crippen LogP contribution is 2.23. The molecule has 3 N–H and O–H groups in total. The molecule has 4 nitrogen and oxygen atoms in total. The van der Waals surface area contributed by atoms with Crippen LogP contribution in [0.25, 0.3) is 0 Å². The van der Waals surface area contributed by atoms with Crippen molar-refractivity contribution in [2.24, 2.45) is 5.73 Å². The third kappa shape index (κ3) is 3.17. The Kier molecular flexibility index (Phi) is 4.74. The van der Waals surface area contributed by atoms with E-state index in [4.69, 9.17) is 15.9 Å². The highest BCUT2D eigenvalue weighted by atomic mass is 32.1. The number of hydrogen-bond acceptors (Lipinski definition) is 4. The molecule has 0 unspecified atom stereocenters. The van der Waals surface area contributed by atoms with Gasteiger partial charge in [-0.2, -0.15) is 0 Å². The molecule has 106 valence electrons. The van der Waals surface area contributed by atoms with Gasteiger partial charge in [-0.05, 0) is 24.5 Å². The topological polar surface area (TPSA) is 72.0 Å².